The summed E-state index contributed by atoms with van der Waals surface area (Å²) in [6, 6.07) is -0.408. The number of rotatable bonds is 3. The van der Waals surface area contributed by atoms with E-state index in [1.54, 1.807) is 0 Å². The van der Waals surface area contributed by atoms with Gasteiger partial charge in [-0.1, -0.05) is 6.08 Å². The summed E-state index contributed by atoms with van der Waals surface area (Å²) in [6.45, 7) is 1.31. The molecule has 0 amide bonds. The number of aliphatic hydroxyl groups is 1. The molecule has 0 aromatic carbocycles. The molecule has 0 heterocycles. The molecule has 0 bridgehead atoms. The number of carbonyl (C=O) groups excluding carboxylic acids is 1. The SMILES string of the molecule is CC(=O)/C=C/[C@@H](N)CO. The van der Waals surface area contributed by atoms with Crippen LogP contribution in [0, 0.1) is 0 Å². The molecule has 3 nitrogen and oxygen atoms in total. The van der Waals surface area contributed by atoms with Gasteiger partial charge in [-0.3, -0.25) is 4.79 Å². The second kappa shape index (κ2) is 4.23. The van der Waals surface area contributed by atoms with Gasteiger partial charge >= 0.3 is 0 Å². The predicted octanol–water partition coefficient (Wildman–Crippen LogP) is -0.549. The van der Waals surface area contributed by atoms with Crippen molar-refractivity contribution in [3.63, 3.8) is 0 Å². The fourth-order valence-electron chi connectivity index (χ4n) is 0.320. The summed E-state index contributed by atoms with van der Waals surface area (Å²) >= 11 is 0. The van der Waals surface area contributed by atoms with Crippen molar-refractivity contribution in [2.45, 2.75) is 13.0 Å². The van der Waals surface area contributed by atoms with Crippen molar-refractivity contribution < 1.29 is 9.90 Å². The molecule has 0 saturated heterocycles. The van der Waals surface area contributed by atoms with E-state index in [1.165, 1.54) is 19.1 Å². The quantitative estimate of drug-likeness (QED) is 0.502. The molecule has 0 fully saturated rings. The molecule has 0 aromatic heterocycles. The topological polar surface area (TPSA) is 63.3 Å². The van der Waals surface area contributed by atoms with Crippen LogP contribution in [0.15, 0.2) is 12.2 Å². The van der Waals surface area contributed by atoms with E-state index in [2.05, 4.69) is 0 Å². The lowest BCUT2D eigenvalue weighted by Gasteiger charge is -1.96. The second-order valence-corrected chi connectivity index (χ2v) is 1.82. The van der Waals surface area contributed by atoms with Gasteiger partial charge in [0.1, 0.15) is 0 Å². The second-order valence-electron chi connectivity index (χ2n) is 1.82. The van der Waals surface area contributed by atoms with Crippen LogP contribution in [0.25, 0.3) is 0 Å². The first kappa shape index (κ1) is 8.33. The third-order valence-corrected chi connectivity index (χ3v) is 0.789. The Morgan fingerprint density at radius 3 is 2.78 bits per heavy atom. The van der Waals surface area contributed by atoms with Crippen LogP contribution in [0.1, 0.15) is 6.92 Å². The molecule has 0 saturated carbocycles. The van der Waals surface area contributed by atoms with Crippen LogP contribution in [-0.4, -0.2) is 23.5 Å². The number of allylic oxidation sites excluding steroid dienone is 1. The van der Waals surface area contributed by atoms with Crippen molar-refractivity contribution in [2.75, 3.05) is 6.61 Å². The van der Waals surface area contributed by atoms with Gasteiger partial charge in [0.05, 0.1) is 6.61 Å². The number of hydrogen-bond donors (Lipinski definition) is 2. The average Bonchev–Trinajstić information content (AvgIpc) is 1.83. The largest absolute Gasteiger partial charge is 0.394 e. The smallest absolute Gasteiger partial charge is 0.152 e. The Morgan fingerprint density at radius 1 is 1.89 bits per heavy atom. The van der Waals surface area contributed by atoms with Gasteiger partial charge in [0.15, 0.2) is 5.78 Å². The zero-order valence-electron chi connectivity index (χ0n) is 5.37. The standard InChI is InChI=1S/C6H11NO2/c1-5(9)2-3-6(7)4-8/h2-3,6,8H,4,7H2,1H3/b3-2+/t6-/m1/s1. The Hall–Kier alpha value is -0.670. The molecule has 52 valence electrons. The van der Waals surface area contributed by atoms with Crippen LogP contribution >= 0.6 is 0 Å². The van der Waals surface area contributed by atoms with E-state index in [0.717, 1.165) is 0 Å². The fourth-order valence-corrected chi connectivity index (χ4v) is 0.320. The molecule has 0 aliphatic rings. The Morgan fingerprint density at radius 2 is 2.44 bits per heavy atom. The van der Waals surface area contributed by atoms with Gasteiger partial charge in [0.25, 0.3) is 0 Å². The third-order valence-electron chi connectivity index (χ3n) is 0.789. The summed E-state index contributed by atoms with van der Waals surface area (Å²) in [6.07, 6.45) is 2.82. The maximum Gasteiger partial charge on any atom is 0.152 e. The van der Waals surface area contributed by atoms with Crippen molar-refractivity contribution in [3.8, 4) is 0 Å². The van der Waals surface area contributed by atoms with Crippen molar-refractivity contribution >= 4 is 5.78 Å². The lowest BCUT2D eigenvalue weighted by Crippen LogP contribution is -2.21. The number of ketones is 1. The molecule has 0 aliphatic heterocycles. The van der Waals surface area contributed by atoms with E-state index in [4.69, 9.17) is 10.8 Å². The molecule has 3 heteroatoms. The highest BCUT2D eigenvalue weighted by atomic mass is 16.3. The molecule has 0 aromatic rings. The highest BCUT2D eigenvalue weighted by Crippen LogP contribution is 1.80. The Bertz CT molecular complexity index is 120. The Kier molecular flexibility index (Phi) is 3.92. The zero-order chi connectivity index (χ0) is 7.28. The molecule has 0 rings (SSSR count). The Balaban J connectivity index is 3.56. The summed E-state index contributed by atoms with van der Waals surface area (Å²) < 4.78 is 0. The number of nitrogens with two attached hydrogens (primary N) is 1. The van der Waals surface area contributed by atoms with Gasteiger partial charge in [0, 0.05) is 6.04 Å². The molecular formula is C6H11NO2. The molecular weight excluding hydrogens is 118 g/mol. The minimum absolute atomic E-state index is 0.0566. The summed E-state index contributed by atoms with van der Waals surface area (Å²) in [5.74, 6) is -0.0566. The summed E-state index contributed by atoms with van der Waals surface area (Å²) in [5, 5.41) is 8.36. The lowest BCUT2D eigenvalue weighted by atomic mass is 10.3. The fraction of sp³-hybridized carbons (Fsp3) is 0.500. The van der Waals surface area contributed by atoms with Gasteiger partial charge in [-0.05, 0) is 13.0 Å². The molecule has 9 heavy (non-hydrogen) atoms. The summed E-state index contributed by atoms with van der Waals surface area (Å²) in [7, 11) is 0. The van der Waals surface area contributed by atoms with E-state index >= 15 is 0 Å². The molecule has 0 spiro atoms. The molecule has 0 unspecified atom stereocenters. The van der Waals surface area contributed by atoms with Crippen LogP contribution in [0.3, 0.4) is 0 Å². The van der Waals surface area contributed by atoms with Crippen LogP contribution in [-0.2, 0) is 4.79 Å². The van der Waals surface area contributed by atoms with E-state index < -0.39 is 6.04 Å². The van der Waals surface area contributed by atoms with E-state index in [9.17, 15) is 4.79 Å². The van der Waals surface area contributed by atoms with Gasteiger partial charge in [-0.15, -0.1) is 0 Å². The van der Waals surface area contributed by atoms with Gasteiger partial charge in [-0.25, -0.2) is 0 Å². The highest BCUT2D eigenvalue weighted by molar-refractivity contribution is 5.87. The van der Waals surface area contributed by atoms with Crippen molar-refractivity contribution in [2.24, 2.45) is 5.73 Å². The maximum atomic E-state index is 10.2. The van der Waals surface area contributed by atoms with Gasteiger partial charge in [0.2, 0.25) is 0 Å². The Labute approximate surface area is 54.2 Å². The number of hydrogen-bond acceptors (Lipinski definition) is 3. The highest BCUT2D eigenvalue weighted by Gasteiger charge is 1.91. The third kappa shape index (κ3) is 5.20. The van der Waals surface area contributed by atoms with Crippen LogP contribution in [0.5, 0.6) is 0 Å². The number of carbonyl (C=O) groups is 1. The summed E-state index contributed by atoms with van der Waals surface area (Å²) in [5.41, 5.74) is 5.23. The van der Waals surface area contributed by atoms with Crippen molar-refractivity contribution in [1.29, 1.82) is 0 Å². The average molecular weight is 129 g/mol. The first-order valence-electron chi connectivity index (χ1n) is 2.72. The van der Waals surface area contributed by atoms with Gasteiger partial charge in [-0.2, -0.15) is 0 Å². The molecule has 0 aliphatic carbocycles. The monoisotopic (exact) mass is 129 g/mol. The predicted molar refractivity (Wildman–Crippen MR) is 34.9 cm³/mol. The molecule has 0 radical (unpaired) electrons. The zero-order valence-corrected chi connectivity index (χ0v) is 5.37. The lowest BCUT2D eigenvalue weighted by molar-refractivity contribution is -0.112. The van der Waals surface area contributed by atoms with Gasteiger partial charge < -0.3 is 10.8 Å². The minimum Gasteiger partial charge on any atom is -0.394 e. The van der Waals surface area contributed by atoms with Crippen molar-refractivity contribution in [3.05, 3.63) is 12.2 Å². The first-order valence-corrected chi connectivity index (χ1v) is 2.72. The van der Waals surface area contributed by atoms with E-state index in [0.29, 0.717) is 0 Å². The van der Waals surface area contributed by atoms with Crippen molar-refractivity contribution in [1.82, 2.24) is 0 Å². The number of aliphatic hydroxyl groups excluding tert-OH is 1. The van der Waals surface area contributed by atoms with E-state index in [1.807, 2.05) is 0 Å². The van der Waals surface area contributed by atoms with Crippen LogP contribution < -0.4 is 5.73 Å². The maximum absolute atomic E-state index is 10.2. The van der Waals surface area contributed by atoms with Crippen LogP contribution in [0.2, 0.25) is 0 Å². The molecule has 3 N–H and O–H groups in total. The molecule has 1 atom stereocenters. The van der Waals surface area contributed by atoms with Crippen LogP contribution in [0.4, 0.5) is 0 Å². The normalized spacial score (nSPS) is 14.1. The first-order chi connectivity index (χ1) is 4.16. The van der Waals surface area contributed by atoms with E-state index in [-0.39, 0.29) is 12.4 Å². The minimum atomic E-state index is -0.408. The summed E-state index contributed by atoms with van der Waals surface area (Å²) in [4.78, 5) is 10.2.